The van der Waals surface area contributed by atoms with E-state index in [1.807, 2.05) is 54.6 Å². The molecule has 2 aliphatic heterocycles. The predicted octanol–water partition coefficient (Wildman–Crippen LogP) is 5.83. The molecule has 2 aromatic heterocycles. The van der Waals surface area contributed by atoms with Crippen LogP contribution in [0.5, 0.6) is 0 Å². The van der Waals surface area contributed by atoms with Crippen molar-refractivity contribution < 1.29 is 19.1 Å². The van der Waals surface area contributed by atoms with E-state index in [9.17, 15) is 9.59 Å². The molecule has 6 N–H and O–H groups in total. The van der Waals surface area contributed by atoms with Gasteiger partial charge in [-0.15, -0.1) is 0 Å². The molecule has 260 valence electrons. The number of benzene rings is 2. The largest absolute Gasteiger partial charge is 0.463 e. The van der Waals surface area contributed by atoms with Gasteiger partial charge in [0.1, 0.15) is 29.2 Å². The number of carbonyl (C=O) groups excluding carboxylic acids is 2. The number of aryl methyl sites for hydroxylation is 3. The highest BCUT2D eigenvalue weighted by molar-refractivity contribution is 6.33. The third-order valence-corrected chi connectivity index (χ3v) is 8.30. The number of halogens is 2. The quantitative estimate of drug-likeness (QED) is 0.140. The van der Waals surface area contributed by atoms with Gasteiger partial charge >= 0.3 is 0 Å². The number of rotatable bonds is 11. The van der Waals surface area contributed by atoms with Crippen LogP contribution >= 0.6 is 23.2 Å². The van der Waals surface area contributed by atoms with E-state index in [4.69, 9.17) is 44.1 Å². The lowest BCUT2D eigenvalue weighted by Gasteiger charge is -2.08. The van der Waals surface area contributed by atoms with Gasteiger partial charge in [-0.3, -0.25) is 14.6 Å². The van der Waals surface area contributed by atoms with Gasteiger partial charge in [-0.2, -0.15) is 0 Å². The zero-order chi connectivity index (χ0) is 35.5. The Labute approximate surface area is 300 Å². The number of nitrogens with zero attached hydrogens (tertiary/aromatic N) is 4. The summed E-state index contributed by atoms with van der Waals surface area (Å²) in [5.41, 5.74) is 16.6. The van der Waals surface area contributed by atoms with Gasteiger partial charge in [-0.1, -0.05) is 60.5 Å². The maximum Gasteiger partial charge on any atom is 0.282 e. The van der Waals surface area contributed by atoms with Crippen molar-refractivity contribution in [1.82, 2.24) is 9.97 Å². The minimum atomic E-state index is -0.299. The fourth-order valence-corrected chi connectivity index (χ4v) is 5.57. The maximum absolute atomic E-state index is 12.2. The molecule has 0 fully saturated rings. The summed E-state index contributed by atoms with van der Waals surface area (Å²) in [6.07, 6.45) is 6.13. The summed E-state index contributed by atoms with van der Waals surface area (Å²) in [4.78, 5) is 40.9. The molecule has 14 heteroatoms. The fourth-order valence-electron chi connectivity index (χ4n) is 5.11. The monoisotopic (exact) mass is 716 g/mol. The second-order valence-electron chi connectivity index (χ2n) is 11.7. The number of pyridine rings is 2. The van der Waals surface area contributed by atoms with E-state index < -0.39 is 0 Å². The first-order valence-electron chi connectivity index (χ1n) is 16.1. The molecule has 6 rings (SSSR count). The molecule has 50 heavy (non-hydrogen) atoms. The Balaban J connectivity index is 0.000000194. The Hall–Kier alpha value is -5.20. The van der Waals surface area contributed by atoms with Crippen LogP contribution < -0.4 is 22.1 Å². The molecule has 0 saturated heterocycles. The van der Waals surface area contributed by atoms with Gasteiger partial charge in [-0.25, -0.2) is 15.0 Å². The van der Waals surface area contributed by atoms with Gasteiger partial charge in [0.25, 0.3) is 23.9 Å². The molecule has 0 bridgehead atoms. The average Bonchev–Trinajstić information content (AvgIpc) is 3.74. The Morgan fingerprint density at radius 1 is 0.740 bits per heavy atom. The molecule has 0 aliphatic carbocycles. The molecule has 0 spiro atoms. The Morgan fingerprint density at radius 2 is 1.22 bits per heavy atom. The van der Waals surface area contributed by atoms with Crippen LogP contribution in [0.3, 0.4) is 0 Å². The summed E-state index contributed by atoms with van der Waals surface area (Å²) in [5, 5.41) is 6.01. The summed E-state index contributed by atoms with van der Waals surface area (Å²) < 4.78 is 10.3. The second kappa shape index (κ2) is 17.5. The van der Waals surface area contributed by atoms with Crippen LogP contribution in [0.15, 0.2) is 89.0 Å². The number of ether oxygens (including phenoxy) is 2. The van der Waals surface area contributed by atoms with E-state index >= 15 is 0 Å². The molecular formula is C36H38Cl2N8O4. The van der Waals surface area contributed by atoms with Crippen LogP contribution in [0.4, 0.5) is 11.4 Å². The fraction of sp³-hybridized carbons (Fsp3) is 0.278. The minimum absolute atomic E-state index is 0.112. The molecule has 2 aromatic carbocycles. The third-order valence-electron chi connectivity index (χ3n) is 7.91. The highest BCUT2D eigenvalue weighted by Gasteiger charge is 2.17. The first-order valence-corrected chi connectivity index (χ1v) is 16.9. The summed E-state index contributed by atoms with van der Waals surface area (Å²) in [6, 6.07) is 22.8. The predicted molar refractivity (Wildman–Crippen MR) is 196 cm³/mol. The summed E-state index contributed by atoms with van der Waals surface area (Å²) >= 11 is 11.6. The topological polar surface area (TPSA) is 179 Å². The molecule has 12 nitrogen and oxygen atoms in total. The van der Waals surface area contributed by atoms with Crippen molar-refractivity contribution in [1.29, 1.82) is 0 Å². The van der Waals surface area contributed by atoms with E-state index in [0.29, 0.717) is 30.2 Å². The molecule has 0 radical (unpaired) electrons. The van der Waals surface area contributed by atoms with Crippen LogP contribution in [0.25, 0.3) is 0 Å². The summed E-state index contributed by atoms with van der Waals surface area (Å²) in [7, 11) is 0. The number of amides is 2. The third kappa shape index (κ3) is 10.9. The van der Waals surface area contributed by atoms with Gasteiger partial charge in [0.05, 0.1) is 12.1 Å². The molecule has 0 unspecified atom stereocenters. The summed E-state index contributed by atoms with van der Waals surface area (Å²) in [6.45, 7) is 3.15. The lowest BCUT2D eigenvalue weighted by Crippen LogP contribution is -2.13. The van der Waals surface area contributed by atoms with Crippen molar-refractivity contribution in [3.8, 4) is 0 Å². The lowest BCUT2D eigenvalue weighted by atomic mass is 10.1. The normalized spacial score (nSPS) is 16.2. The van der Waals surface area contributed by atoms with Crippen LogP contribution in [0, 0.1) is 0 Å². The first kappa shape index (κ1) is 36.1. The highest BCUT2D eigenvalue weighted by Crippen LogP contribution is 2.19. The molecule has 2 amide bonds. The Morgan fingerprint density at radius 3 is 1.64 bits per heavy atom. The summed E-state index contributed by atoms with van der Waals surface area (Å²) in [5.74, 6) is -0.504. The number of hydrogen-bond donors (Lipinski definition) is 4. The van der Waals surface area contributed by atoms with Crippen LogP contribution in [0.1, 0.15) is 57.3 Å². The van der Waals surface area contributed by atoms with E-state index in [0.717, 1.165) is 48.9 Å². The van der Waals surface area contributed by atoms with Crippen LogP contribution in [-0.4, -0.2) is 59.1 Å². The first-order chi connectivity index (χ1) is 24.1. The number of amidine groups is 2. The molecule has 0 saturated carbocycles. The molecule has 4 heterocycles. The van der Waals surface area contributed by atoms with E-state index in [2.05, 4.69) is 37.5 Å². The average molecular weight is 718 g/mol. The zero-order valence-electron chi connectivity index (χ0n) is 27.4. The highest BCUT2D eigenvalue weighted by atomic mass is 35.5. The number of carbonyl (C=O) groups is 2. The molecule has 2 atom stereocenters. The minimum Gasteiger partial charge on any atom is -0.463 e. The number of nitrogens with two attached hydrogens (primary N) is 2. The molecular weight excluding hydrogens is 679 g/mol. The van der Waals surface area contributed by atoms with Gasteiger partial charge in [0.15, 0.2) is 0 Å². The molecule has 4 aromatic rings. The molecule has 2 aliphatic rings. The van der Waals surface area contributed by atoms with Crippen LogP contribution in [-0.2, 0) is 28.7 Å². The van der Waals surface area contributed by atoms with E-state index in [-0.39, 0.29) is 46.2 Å². The van der Waals surface area contributed by atoms with Gasteiger partial charge < -0.3 is 31.6 Å². The van der Waals surface area contributed by atoms with Crippen molar-refractivity contribution in [3.63, 3.8) is 0 Å². The van der Waals surface area contributed by atoms with Crippen LogP contribution in [0.2, 0.25) is 10.3 Å². The number of aliphatic imine (C=N–C) groups is 2. The smallest absolute Gasteiger partial charge is 0.282 e. The number of hydrogen-bond acceptors (Lipinski definition) is 10. The Bertz CT molecular complexity index is 1810. The number of aromatic nitrogens is 2. The zero-order valence-corrected chi connectivity index (χ0v) is 29.0. The van der Waals surface area contributed by atoms with Gasteiger partial charge in [-0.05, 0) is 91.3 Å². The SMILES string of the molecule is CCc1ccc(C(=O)Nc2ccc(CC[C@H]3COC(N)=N3)cc2)nc1.NC1=N[C@@H](CCc2ccc(NC(=O)c3cc(Cl)nc(Cl)c3)cc2)CO1. The number of anilines is 2. The van der Waals surface area contributed by atoms with E-state index in [1.54, 1.807) is 12.3 Å². The van der Waals surface area contributed by atoms with Crippen molar-refractivity contribution in [3.05, 3.63) is 117 Å². The van der Waals surface area contributed by atoms with Crippen molar-refractivity contribution >= 4 is 58.4 Å². The number of nitrogens with one attached hydrogen (secondary N) is 2. The van der Waals surface area contributed by atoms with E-state index in [1.165, 1.54) is 17.7 Å². The lowest BCUT2D eigenvalue weighted by molar-refractivity contribution is 0.101. The maximum atomic E-state index is 12.2. The van der Waals surface area contributed by atoms with Crippen molar-refractivity contribution in [2.75, 3.05) is 23.8 Å². The second-order valence-corrected chi connectivity index (χ2v) is 12.4. The van der Waals surface area contributed by atoms with Crippen molar-refractivity contribution in [2.45, 2.75) is 51.1 Å². The van der Waals surface area contributed by atoms with Gasteiger partial charge in [0, 0.05) is 23.1 Å². The van der Waals surface area contributed by atoms with Crippen molar-refractivity contribution in [2.24, 2.45) is 21.5 Å². The Kier molecular flexibility index (Phi) is 12.6. The standard InChI is InChI=1S/C19H22N4O2.C17H16Cl2N4O2/c1-2-13-6-10-17(21-11-13)18(24)22-15-7-3-14(4-8-15)5-9-16-12-25-19(20)23-16;18-14-7-11(8-15(19)23-14)16(24)21-12-4-1-10(2-5-12)3-6-13-9-25-17(20)22-13/h3-4,6-8,10-11,16H,2,5,9,12H2,1H3,(H2,20,23)(H,22,24);1-2,4-5,7-8,13H,3,6,9H2,(H2,20,22)(H,21,24)/t16-;13-/m00/s1. The van der Waals surface area contributed by atoms with Gasteiger partial charge in [0.2, 0.25) is 0 Å².